The Balaban J connectivity index is 1.73. The van der Waals surface area contributed by atoms with Gasteiger partial charge in [-0.2, -0.15) is 5.10 Å². The molecule has 1 aromatic carbocycles. The molecular formula is C18H23N5O3. The van der Waals surface area contributed by atoms with Gasteiger partial charge in [-0.25, -0.2) is 4.98 Å². The number of nitrogens with one attached hydrogen (secondary N) is 2. The van der Waals surface area contributed by atoms with Gasteiger partial charge in [0.2, 0.25) is 5.91 Å². The number of aromatic nitrogens is 3. The first kappa shape index (κ1) is 18.1. The summed E-state index contributed by atoms with van der Waals surface area (Å²) < 4.78 is 5.26. The van der Waals surface area contributed by atoms with Crippen molar-refractivity contribution in [2.75, 3.05) is 19.8 Å². The van der Waals surface area contributed by atoms with E-state index in [1.807, 2.05) is 32.0 Å². The van der Waals surface area contributed by atoms with Crippen molar-refractivity contribution in [3.63, 3.8) is 0 Å². The molecular weight excluding hydrogens is 334 g/mol. The molecule has 0 radical (unpaired) electrons. The van der Waals surface area contributed by atoms with E-state index in [9.17, 15) is 9.59 Å². The molecule has 0 bridgehead atoms. The molecule has 1 fully saturated rings. The maximum atomic E-state index is 12.5. The van der Waals surface area contributed by atoms with Gasteiger partial charge in [-0.05, 0) is 32.4 Å². The van der Waals surface area contributed by atoms with Crippen LogP contribution in [0.1, 0.15) is 41.4 Å². The lowest BCUT2D eigenvalue weighted by Gasteiger charge is -2.22. The topological polar surface area (TPSA) is 100 Å². The smallest absolute Gasteiger partial charge is 0.251 e. The minimum Gasteiger partial charge on any atom is -0.372 e. The number of nitrogens with zero attached hydrogens (tertiary/aromatic N) is 3. The van der Waals surface area contributed by atoms with Gasteiger partial charge in [-0.15, -0.1) is 0 Å². The summed E-state index contributed by atoms with van der Waals surface area (Å²) in [7, 11) is 0. The zero-order chi connectivity index (χ0) is 18.5. The largest absolute Gasteiger partial charge is 0.372 e. The van der Waals surface area contributed by atoms with Crippen molar-refractivity contribution in [1.29, 1.82) is 0 Å². The van der Waals surface area contributed by atoms with Gasteiger partial charge in [0.1, 0.15) is 12.4 Å². The van der Waals surface area contributed by atoms with Crippen molar-refractivity contribution in [3.8, 4) is 0 Å². The number of aromatic amines is 1. The Bertz CT molecular complexity index is 761. The van der Waals surface area contributed by atoms with Crippen molar-refractivity contribution in [2.24, 2.45) is 0 Å². The highest BCUT2D eigenvalue weighted by molar-refractivity contribution is 5.94. The first-order valence-electron chi connectivity index (χ1n) is 8.70. The summed E-state index contributed by atoms with van der Waals surface area (Å²) >= 11 is 0. The van der Waals surface area contributed by atoms with E-state index >= 15 is 0 Å². The summed E-state index contributed by atoms with van der Waals surface area (Å²) in [5.74, 6) is 0.966. The molecule has 2 unspecified atom stereocenters. The van der Waals surface area contributed by atoms with E-state index in [1.54, 1.807) is 17.0 Å². The van der Waals surface area contributed by atoms with E-state index in [0.717, 1.165) is 0 Å². The lowest BCUT2D eigenvalue weighted by Crippen LogP contribution is -2.39. The van der Waals surface area contributed by atoms with Crippen molar-refractivity contribution >= 4 is 11.8 Å². The lowest BCUT2D eigenvalue weighted by molar-refractivity contribution is -0.137. The normalized spacial score (nSPS) is 19.5. The first-order chi connectivity index (χ1) is 12.6. The van der Waals surface area contributed by atoms with E-state index in [1.165, 1.54) is 0 Å². The molecule has 3 rings (SSSR count). The maximum absolute atomic E-state index is 12.5. The molecule has 0 saturated carbocycles. The highest BCUT2D eigenvalue weighted by atomic mass is 16.5. The molecule has 0 spiro atoms. The zero-order valence-corrected chi connectivity index (χ0v) is 14.9. The monoisotopic (exact) mass is 357 g/mol. The molecule has 2 atom stereocenters. The number of aryl methyl sites for hydroxylation is 1. The van der Waals surface area contributed by atoms with Gasteiger partial charge in [0.05, 0.1) is 6.04 Å². The van der Waals surface area contributed by atoms with Crippen LogP contribution in [0.5, 0.6) is 0 Å². The second-order valence-corrected chi connectivity index (χ2v) is 6.25. The standard InChI is InChI=1S/C18H23N5O3/c1-3-26-11-16(24)23-10-14(9-15(23)17-19-12(2)21-22-17)20-18(25)13-7-5-4-6-8-13/h4-8,14-15H,3,9-11H2,1-2H3,(H,20,25)(H,19,21,22). The molecule has 1 aliphatic heterocycles. The van der Waals surface area contributed by atoms with Crippen LogP contribution in [0.4, 0.5) is 0 Å². The molecule has 26 heavy (non-hydrogen) atoms. The molecule has 2 heterocycles. The Morgan fingerprint density at radius 3 is 2.77 bits per heavy atom. The van der Waals surface area contributed by atoms with Crippen molar-refractivity contribution < 1.29 is 14.3 Å². The first-order valence-corrected chi connectivity index (χ1v) is 8.70. The molecule has 2 amide bonds. The highest BCUT2D eigenvalue weighted by Gasteiger charge is 2.39. The number of amides is 2. The second kappa shape index (κ2) is 8.09. The number of H-pyrrole nitrogens is 1. The average molecular weight is 357 g/mol. The number of hydrogen-bond donors (Lipinski definition) is 2. The molecule has 1 aromatic heterocycles. The van der Waals surface area contributed by atoms with E-state index < -0.39 is 0 Å². The Morgan fingerprint density at radius 2 is 2.12 bits per heavy atom. The summed E-state index contributed by atoms with van der Waals surface area (Å²) in [6, 6.07) is 8.58. The van der Waals surface area contributed by atoms with Crippen LogP contribution in [0.3, 0.4) is 0 Å². The molecule has 2 N–H and O–H groups in total. The van der Waals surface area contributed by atoms with E-state index in [-0.39, 0.29) is 30.5 Å². The molecule has 1 saturated heterocycles. The van der Waals surface area contributed by atoms with Crippen molar-refractivity contribution in [3.05, 3.63) is 47.5 Å². The van der Waals surface area contributed by atoms with Crippen molar-refractivity contribution in [1.82, 2.24) is 25.4 Å². The van der Waals surface area contributed by atoms with Gasteiger partial charge in [0, 0.05) is 24.8 Å². The third-order valence-corrected chi connectivity index (χ3v) is 4.33. The third kappa shape index (κ3) is 4.08. The van der Waals surface area contributed by atoms with Gasteiger partial charge in [-0.3, -0.25) is 14.7 Å². The fourth-order valence-corrected chi connectivity index (χ4v) is 3.10. The quantitative estimate of drug-likeness (QED) is 0.810. The van der Waals surface area contributed by atoms with Gasteiger partial charge in [0.15, 0.2) is 5.82 Å². The Labute approximate surface area is 151 Å². The van der Waals surface area contributed by atoms with Crippen LogP contribution in [-0.2, 0) is 9.53 Å². The molecule has 0 aliphatic carbocycles. The van der Waals surface area contributed by atoms with E-state index in [0.29, 0.717) is 36.8 Å². The number of carbonyl (C=O) groups is 2. The Kier molecular flexibility index (Phi) is 5.62. The Hall–Kier alpha value is -2.74. The van der Waals surface area contributed by atoms with Crippen LogP contribution in [-0.4, -0.2) is 57.7 Å². The predicted octanol–water partition coefficient (Wildman–Crippen LogP) is 1.22. The zero-order valence-electron chi connectivity index (χ0n) is 14.9. The summed E-state index contributed by atoms with van der Waals surface area (Å²) in [5, 5.41) is 10.0. The molecule has 8 heteroatoms. The molecule has 2 aromatic rings. The van der Waals surface area contributed by atoms with Gasteiger partial charge < -0.3 is 15.0 Å². The fraction of sp³-hybridized carbons (Fsp3) is 0.444. The summed E-state index contributed by atoms with van der Waals surface area (Å²) in [5.41, 5.74) is 0.594. The maximum Gasteiger partial charge on any atom is 0.251 e. The average Bonchev–Trinajstić information content (AvgIpc) is 3.26. The second-order valence-electron chi connectivity index (χ2n) is 6.25. The summed E-state index contributed by atoms with van der Waals surface area (Å²) in [4.78, 5) is 31.0. The summed E-state index contributed by atoms with van der Waals surface area (Å²) in [6.45, 7) is 4.54. The van der Waals surface area contributed by atoms with E-state index in [2.05, 4.69) is 20.5 Å². The molecule has 1 aliphatic rings. The predicted molar refractivity (Wildman–Crippen MR) is 94.4 cm³/mol. The third-order valence-electron chi connectivity index (χ3n) is 4.33. The fourth-order valence-electron chi connectivity index (χ4n) is 3.10. The SMILES string of the molecule is CCOCC(=O)N1CC(NC(=O)c2ccccc2)CC1c1n[nH]c(C)n1. The number of likely N-dealkylation sites (tertiary alicyclic amines) is 1. The van der Waals surface area contributed by atoms with Gasteiger partial charge in [0.25, 0.3) is 5.91 Å². The minimum absolute atomic E-state index is 0.00968. The van der Waals surface area contributed by atoms with Crippen LogP contribution >= 0.6 is 0 Å². The molecule has 138 valence electrons. The lowest BCUT2D eigenvalue weighted by atomic mass is 10.1. The minimum atomic E-state index is -0.283. The van der Waals surface area contributed by atoms with Crippen molar-refractivity contribution in [2.45, 2.75) is 32.4 Å². The van der Waals surface area contributed by atoms with Crippen LogP contribution in [0.2, 0.25) is 0 Å². The van der Waals surface area contributed by atoms with Crippen LogP contribution in [0.15, 0.2) is 30.3 Å². The number of hydrogen-bond acceptors (Lipinski definition) is 5. The Morgan fingerprint density at radius 1 is 1.35 bits per heavy atom. The number of ether oxygens (including phenoxy) is 1. The van der Waals surface area contributed by atoms with E-state index in [4.69, 9.17) is 4.74 Å². The van der Waals surface area contributed by atoms with Crippen LogP contribution in [0.25, 0.3) is 0 Å². The number of benzene rings is 1. The van der Waals surface area contributed by atoms with Gasteiger partial charge in [-0.1, -0.05) is 18.2 Å². The van der Waals surface area contributed by atoms with Crippen LogP contribution in [0, 0.1) is 6.92 Å². The van der Waals surface area contributed by atoms with Gasteiger partial charge >= 0.3 is 0 Å². The number of carbonyl (C=O) groups excluding carboxylic acids is 2. The summed E-state index contributed by atoms with van der Waals surface area (Å²) in [6.07, 6.45) is 0.563. The highest BCUT2D eigenvalue weighted by Crippen LogP contribution is 2.30. The van der Waals surface area contributed by atoms with Crippen LogP contribution < -0.4 is 5.32 Å². The molecule has 8 nitrogen and oxygen atoms in total. The number of rotatable bonds is 6.